The quantitative estimate of drug-likeness (QED) is 0.726. The summed E-state index contributed by atoms with van der Waals surface area (Å²) in [7, 11) is -3.83. The molecule has 1 atom stereocenters. The average molecular weight is 443 g/mol. The van der Waals surface area contributed by atoms with Crippen molar-refractivity contribution >= 4 is 47.9 Å². The molecule has 1 aromatic carbocycles. The van der Waals surface area contributed by atoms with Crippen molar-refractivity contribution < 1.29 is 17.9 Å². The van der Waals surface area contributed by atoms with Crippen LogP contribution in [-0.2, 0) is 19.6 Å². The van der Waals surface area contributed by atoms with Crippen molar-refractivity contribution in [2.45, 2.75) is 44.2 Å². The molecule has 8 heteroatoms. The van der Waals surface area contributed by atoms with Crippen LogP contribution in [0.4, 0.5) is 0 Å². The average Bonchev–Trinajstić information content (AvgIpc) is 2.24. The van der Waals surface area contributed by atoms with Crippen LogP contribution in [0.1, 0.15) is 27.7 Å². The zero-order chi connectivity index (χ0) is 16.4. The molecule has 0 fully saturated rings. The molecule has 118 valence electrons. The van der Waals surface area contributed by atoms with E-state index in [0.717, 1.165) is 4.47 Å². The van der Waals surface area contributed by atoms with Gasteiger partial charge in [-0.05, 0) is 61.8 Å². The van der Waals surface area contributed by atoms with Crippen LogP contribution in [0.3, 0.4) is 0 Å². The number of hydrogen-bond donors (Lipinski definition) is 1. The molecule has 0 radical (unpaired) electrons. The van der Waals surface area contributed by atoms with Gasteiger partial charge in [0.15, 0.2) is 0 Å². The van der Waals surface area contributed by atoms with E-state index in [4.69, 9.17) is 4.74 Å². The highest BCUT2D eigenvalue weighted by molar-refractivity contribution is 9.11. The van der Waals surface area contributed by atoms with Gasteiger partial charge in [-0.3, -0.25) is 4.79 Å². The number of sulfonamides is 1. The van der Waals surface area contributed by atoms with Gasteiger partial charge in [0.25, 0.3) is 0 Å². The Balaban J connectivity index is 2.92. The summed E-state index contributed by atoms with van der Waals surface area (Å²) in [6.45, 7) is 6.60. The van der Waals surface area contributed by atoms with Crippen molar-refractivity contribution in [3.63, 3.8) is 0 Å². The molecule has 0 heterocycles. The smallest absolute Gasteiger partial charge is 0.324 e. The van der Waals surface area contributed by atoms with Crippen molar-refractivity contribution in [1.29, 1.82) is 0 Å². The van der Waals surface area contributed by atoms with Crippen LogP contribution in [0.25, 0.3) is 0 Å². The first-order chi connectivity index (χ1) is 9.42. The summed E-state index contributed by atoms with van der Waals surface area (Å²) in [6.07, 6.45) is 0. The number of nitrogens with one attached hydrogen (secondary N) is 1. The van der Waals surface area contributed by atoms with E-state index in [1.54, 1.807) is 32.9 Å². The van der Waals surface area contributed by atoms with Gasteiger partial charge < -0.3 is 4.74 Å². The van der Waals surface area contributed by atoms with Gasteiger partial charge in [-0.2, -0.15) is 4.72 Å². The normalized spacial score (nSPS) is 13.8. The molecule has 0 bridgehead atoms. The highest BCUT2D eigenvalue weighted by atomic mass is 79.9. The van der Waals surface area contributed by atoms with E-state index in [1.165, 1.54) is 13.0 Å². The number of esters is 1. The molecule has 1 rings (SSSR count). The van der Waals surface area contributed by atoms with Gasteiger partial charge in [0.1, 0.15) is 11.6 Å². The second-order valence-electron chi connectivity index (χ2n) is 5.45. The molecule has 0 aliphatic carbocycles. The first-order valence-corrected chi connectivity index (χ1v) is 9.19. The molecule has 5 nitrogen and oxygen atoms in total. The van der Waals surface area contributed by atoms with E-state index in [9.17, 15) is 13.2 Å². The molecule has 21 heavy (non-hydrogen) atoms. The van der Waals surface area contributed by atoms with E-state index in [-0.39, 0.29) is 4.90 Å². The molecule has 0 saturated carbocycles. The number of hydrogen-bond acceptors (Lipinski definition) is 4. The van der Waals surface area contributed by atoms with Crippen LogP contribution in [0, 0.1) is 0 Å². The zero-order valence-corrected chi connectivity index (χ0v) is 16.1. The van der Waals surface area contributed by atoms with Gasteiger partial charge in [-0.25, -0.2) is 8.42 Å². The maximum absolute atomic E-state index is 12.3. The summed E-state index contributed by atoms with van der Waals surface area (Å²) < 4.78 is 33.2. The Morgan fingerprint density at radius 3 is 2.33 bits per heavy atom. The molecule has 0 aromatic heterocycles. The highest BCUT2D eigenvalue weighted by Gasteiger charge is 2.27. The fourth-order valence-electron chi connectivity index (χ4n) is 1.43. The number of ether oxygens (including phenoxy) is 1. The van der Waals surface area contributed by atoms with Gasteiger partial charge in [0.05, 0.1) is 4.90 Å². The Bertz CT molecular complexity index is 638. The Morgan fingerprint density at radius 1 is 1.29 bits per heavy atom. The Morgan fingerprint density at radius 2 is 1.86 bits per heavy atom. The third kappa shape index (κ3) is 5.69. The Labute approximate surface area is 141 Å². The standard InChI is InChI=1S/C13H17Br2NO4S/c1-8(12(17)20-13(2,3)4)16-21(18,19)11-6-5-9(14)7-10(11)15/h5-8,16H,1-4H3/t8-/m0/s1. The van der Waals surface area contributed by atoms with Gasteiger partial charge in [0.2, 0.25) is 10.0 Å². The summed E-state index contributed by atoms with van der Waals surface area (Å²) in [5.41, 5.74) is -0.672. The number of benzene rings is 1. The molecular weight excluding hydrogens is 426 g/mol. The van der Waals surface area contributed by atoms with Crippen molar-refractivity contribution in [3.05, 3.63) is 27.1 Å². The van der Waals surface area contributed by atoms with Crippen LogP contribution >= 0.6 is 31.9 Å². The lowest BCUT2D eigenvalue weighted by Gasteiger charge is -2.22. The highest BCUT2D eigenvalue weighted by Crippen LogP contribution is 2.25. The SMILES string of the molecule is C[C@H](NS(=O)(=O)c1ccc(Br)cc1Br)C(=O)OC(C)(C)C. The molecule has 0 aliphatic rings. The Kier molecular flexibility index (Phi) is 5.99. The van der Waals surface area contributed by atoms with Gasteiger partial charge in [0, 0.05) is 8.95 Å². The number of carbonyl (C=O) groups excluding carboxylic acids is 1. The summed E-state index contributed by atoms with van der Waals surface area (Å²) in [5, 5.41) is 0. The van der Waals surface area contributed by atoms with Crippen LogP contribution in [0.2, 0.25) is 0 Å². The van der Waals surface area contributed by atoms with Crippen molar-refractivity contribution in [3.8, 4) is 0 Å². The summed E-state index contributed by atoms with van der Waals surface area (Å²) >= 11 is 6.44. The summed E-state index contributed by atoms with van der Waals surface area (Å²) in [4.78, 5) is 11.9. The first-order valence-electron chi connectivity index (χ1n) is 6.12. The summed E-state index contributed by atoms with van der Waals surface area (Å²) in [5.74, 6) is -0.626. The number of rotatable bonds is 4. The van der Waals surface area contributed by atoms with E-state index < -0.39 is 27.6 Å². The second-order valence-corrected chi connectivity index (χ2v) is 8.90. The lowest BCUT2D eigenvalue weighted by Crippen LogP contribution is -2.42. The topological polar surface area (TPSA) is 72.5 Å². The number of carbonyl (C=O) groups is 1. The minimum absolute atomic E-state index is 0.0566. The third-order valence-electron chi connectivity index (χ3n) is 2.28. The molecule has 1 N–H and O–H groups in total. The molecule has 0 saturated heterocycles. The van der Waals surface area contributed by atoms with Crippen LogP contribution in [0.5, 0.6) is 0 Å². The van der Waals surface area contributed by atoms with Gasteiger partial charge in [-0.15, -0.1) is 0 Å². The van der Waals surface area contributed by atoms with Crippen molar-refractivity contribution in [2.75, 3.05) is 0 Å². The lowest BCUT2D eigenvalue weighted by atomic mass is 10.2. The molecule has 0 amide bonds. The van der Waals surface area contributed by atoms with Gasteiger partial charge in [-0.1, -0.05) is 15.9 Å². The minimum atomic E-state index is -3.83. The monoisotopic (exact) mass is 441 g/mol. The van der Waals surface area contributed by atoms with Crippen LogP contribution in [-0.4, -0.2) is 26.0 Å². The van der Waals surface area contributed by atoms with E-state index in [0.29, 0.717) is 4.47 Å². The van der Waals surface area contributed by atoms with Crippen LogP contribution < -0.4 is 4.72 Å². The summed E-state index contributed by atoms with van der Waals surface area (Å²) in [6, 6.07) is 3.69. The van der Waals surface area contributed by atoms with Gasteiger partial charge >= 0.3 is 5.97 Å². The molecule has 0 spiro atoms. The van der Waals surface area contributed by atoms with Crippen LogP contribution in [0.15, 0.2) is 32.0 Å². The predicted octanol–water partition coefficient (Wildman–Crippen LogP) is 3.22. The van der Waals surface area contributed by atoms with E-state index in [2.05, 4.69) is 36.6 Å². The number of halogens is 2. The van der Waals surface area contributed by atoms with Crippen molar-refractivity contribution in [1.82, 2.24) is 4.72 Å². The second kappa shape index (κ2) is 6.76. The maximum atomic E-state index is 12.3. The minimum Gasteiger partial charge on any atom is -0.459 e. The predicted molar refractivity (Wildman–Crippen MR) is 87.5 cm³/mol. The first kappa shape index (κ1) is 18.6. The fraction of sp³-hybridized carbons (Fsp3) is 0.462. The zero-order valence-electron chi connectivity index (χ0n) is 12.1. The lowest BCUT2D eigenvalue weighted by molar-refractivity contribution is -0.156. The maximum Gasteiger partial charge on any atom is 0.324 e. The van der Waals surface area contributed by atoms with E-state index in [1.807, 2.05) is 0 Å². The van der Waals surface area contributed by atoms with Crippen molar-refractivity contribution in [2.24, 2.45) is 0 Å². The van der Waals surface area contributed by atoms with E-state index >= 15 is 0 Å². The molecule has 0 aliphatic heterocycles. The molecule has 0 unspecified atom stereocenters. The Hall–Kier alpha value is -0.440. The largest absolute Gasteiger partial charge is 0.459 e. The fourth-order valence-corrected chi connectivity index (χ4v) is 4.37. The molecular formula is C13H17Br2NO4S. The molecule has 1 aromatic rings. The third-order valence-corrected chi connectivity index (χ3v) is 5.29.